The van der Waals surface area contributed by atoms with Gasteiger partial charge in [0.15, 0.2) is 5.82 Å². The maximum Gasteiger partial charge on any atom is 0.231 e. The number of halogens is 1. The van der Waals surface area contributed by atoms with Crippen molar-refractivity contribution in [2.75, 3.05) is 6.54 Å². The first-order valence-electron chi connectivity index (χ1n) is 5.46. The van der Waals surface area contributed by atoms with Gasteiger partial charge in [-0.05, 0) is 11.6 Å². The summed E-state index contributed by atoms with van der Waals surface area (Å²) in [5.41, 5.74) is 6.05. The summed E-state index contributed by atoms with van der Waals surface area (Å²) in [7, 11) is 0. The van der Waals surface area contributed by atoms with E-state index in [1.165, 1.54) is 6.07 Å². The van der Waals surface area contributed by atoms with Crippen molar-refractivity contribution in [2.45, 2.75) is 19.3 Å². The van der Waals surface area contributed by atoms with Gasteiger partial charge in [0, 0.05) is 12.5 Å². The Bertz CT molecular complexity index is 498. The Morgan fingerprint density at radius 2 is 2.18 bits per heavy atom. The number of hydrogen-bond acceptors (Lipinski definition) is 4. The van der Waals surface area contributed by atoms with Crippen LogP contribution in [-0.4, -0.2) is 16.7 Å². The Morgan fingerprint density at radius 3 is 2.88 bits per heavy atom. The second-order valence-electron chi connectivity index (χ2n) is 3.95. The van der Waals surface area contributed by atoms with Gasteiger partial charge >= 0.3 is 0 Å². The highest BCUT2D eigenvalue weighted by Gasteiger charge is 2.13. The van der Waals surface area contributed by atoms with Gasteiger partial charge in [0.05, 0.1) is 6.42 Å². The van der Waals surface area contributed by atoms with Crippen LogP contribution in [-0.2, 0) is 6.42 Å². The zero-order chi connectivity index (χ0) is 12.3. The molecule has 0 radical (unpaired) electrons. The van der Waals surface area contributed by atoms with Gasteiger partial charge in [0.1, 0.15) is 5.82 Å². The highest BCUT2D eigenvalue weighted by molar-refractivity contribution is 5.20. The van der Waals surface area contributed by atoms with E-state index in [9.17, 15) is 4.39 Å². The Kier molecular flexibility index (Phi) is 3.49. The van der Waals surface area contributed by atoms with Crippen LogP contribution < -0.4 is 5.73 Å². The normalized spacial score (nSPS) is 12.6. The summed E-state index contributed by atoms with van der Waals surface area (Å²) in [6.45, 7) is 2.37. The molecule has 0 fully saturated rings. The van der Waals surface area contributed by atoms with Gasteiger partial charge in [-0.15, -0.1) is 0 Å². The second kappa shape index (κ2) is 5.05. The summed E-state index contributed by atoms with van der Waals surface area (Å²) in [5.74, 6) is 0.761. The summed E-state index contributed by atoms with van der Waals surface area (Å²) >= 11 is 0. The van der Waals surface area contributed by atoms with Gasteiger partial charge in [-0.3, -0.25) is 0 Å². The predicted octanol–water partition coefficient (Wildman–Crippen LogP) is 1.86. The molecule has 0 saturated carbocycles. The van der Waals surface area contributed by atoms with E-state index in [0.29, 0.717) is 30.2 Å². The van der Waals surface area contributed by atoms with Crippen LogP contribution in [0.4, 0.5) is 4.39 Å². The average molecular weight is 235 g/mol. The van der Waals surface area contributed by atoms with Crippen molar-refractivity contribution >= 4 is 0 Å². The first-order valence-corrected chi connectivity index (χ1v) is 5.46. The lowest BCUT2D eigenvalue weighted by Gasteiger charge is -1.99. The van der Waals surface area contributed by atoms with Gasteiger partial charge < -0.3 is 10.3 Å². The maximum atomic E-state index is 13.4. The van der Waals surface area contributed by atoms with Crippen molar-refractivity contribution < 1.29 is 8.91 Å². The summed E-state index contributed by atoms with van der Waals surface area (Å²) in [5, 5.41) is 3.82. The van der Waals surface area contributed by atoms with Gasteiger partial charge in [-0.2, -0.15) is 4.98 Å². The number of nitrogens with zero attached hydrogens (tertiary/aromatic N) is 2. The fraction of sp³-hybridized carbons (Fsp3) is 0.333. The van der Waals surface area contributed by atoms with Crippen LogP contribution in [0.1, 0.15) is 30.1 Å². The molecule has 0 saturated heterocycles. The Morgan fingerprint density at radius 1 is 1.41 bits per heavy atom. The van der Waals surface area contributed by atoms with Crippen LogP contribution in [0.25, 0.3) is 0 Å². The molecular weight excluding hydrogens is 221 g/mol. The number of rotatable bonds is 4. The van der Waals surface area contributed by atoms with E-state index in [-0.39, 0.29) is 11.7 Å². The monoisotopic (exact) mass is 235 g/mol. The first-order chi connectivity index (χ1) is 8.20. The Labute approximate surface area is 98.6 Å². The van der Waals surface area contributed by atoms with Crippen LogP contribution in [0.3, 0.4) is 0 Å². The van der Waals surface area contributed by atoms with Crippen molar-refractivity contribution in [1.82, 2.24) is 10.1 Å². The minimum Gasteiger partial charge on any atom is -0.339 e. The third-order valence-electron chi connectivity index (χ3n) is 2.58. The van der Waals surface area contributed by atoms with E-state index >= 15 is 0 Å². The minimum absolute atomic E-state index is 0.0492. The standard InChI is InChI=1S/C12H14FN3O/c1-8(7-14)12-15-11(17-16-12)6-9-4-2-3-5-10(9)13/h2-5,8H,6-7,14H2,1H3. The molecule has 2 N–H and O–H groups in total. The van der Waals surface area contributed by atoms with Crippen LogP contribution in [0.5, 0.6) is 0 Å². The van der Waals surface area contributed by atoms with E-state index in [2.05, 4.69) is 10.1 Å². The zero-order valence-electron chi connectivity index (χ0n) is 9.56. The summed E-state index contributed by atoms with van der Waals surface area (Å²) in [6, 6.07) is 6.54. The SMILES string of the molecule is CC(CN)c1noc(Cc2ccccc2F)n1. The Hall–Kier alpha value is -1.75. The molecule has 1 unspecified atom stereocenters. The lowest BCUT2D eigenvalue weighted by molar-refractivity contribution is 0.375. The summed E-state index contributed by atoms with van der Waals surface area (Å²) in [6.07, 6.45) is 0.303. The lowest BCUT2D eigenvalue weighted by atomic mass is 10.1. The molecule has 1 heterocycles. The highest BCUT2D eigenvalue weighted by Crippen LogP contribution is 2.14. The van der Waals surface area contributed by atoms with Crippen LogP contribution in [0.15, 0.2) is 28.8 Å². The molecule has 1 aromatic heterocycles. The molecule has 1 atom stereocenters. The highest BCUT2D eigenvalue weighted by atomic mass is 19.1. The van der Waals surface area contributed by atoms with Crippen molar-refractivity contribution in [3.8, 4) is 0 Å². The molecule has 0 aliphatic rings. The molecule has 2 rings (SSSR count). The van der Waals surface area contributed by atoms with Gasteiger partial charge in [0.25, 0.3) is 0 Å². The smallest absolute Gasteiger partial charge is 0.231 e. The molecule has 17 heavy (non-hydrogen) atoms. The topological polar surface area (TPSA) is 64.9 Å². The predicted molar refractivity (Wildman–Crippen MR) is 61.0 cm³/mol. The van der Waals surface area contributed by atoms with E-state index in [1.807, 2.05) is 6.92 Å². The fourth-order valence-corrected chi connectivity index (χ4v) is 1.45. The Balaban J connectivity index is 2.14. The maximum absolute atomic E-state index is 13.4. The molecule has 1 aromatic carbocycles. The minimum atomic E-state index is -0.265. The number of benzene rings is 1. The summed E-state index contributed by atoms with van der Waals surface area (Å²) < 4.78 is 18.5. The third-order valence-corrected chi connectivity index (χ3v) is 2.58. The third kappa shape index (κ3) is 2.68. The van der Waals surface area contributed by atoms with Crippen LogP contribution in [0, 0.1) is 5.82 Å². The van der Waals surface area contributed by atoms with E-state index in [0.717, 1.165) is 0 Å². The molecular formula is C12H14FN3O. The van der Waals surface area contributed by atoms with Gasteiger partial charge in [0.2, 0.25) is 5.89 Å². The molecule has 90 valence electrons. The van der Waals surface area contributed by atoms with Crippen LogP contribution in [0.2, 0.25) is 0 Å². The second-order valence-corrected chi connectivity index (χ2v) is 3.95. The van der Waals surface area contributed by atoms with Crippen molar-refractivity contribution in [1.29, 1.82) is 0 Å². The molecule has 5 heteroatoms. The quantitative estimate of drug-likeness (QED) is 0.878. The molecule has 4 nitrogen and oxygen atoms in total. The molecule has 0 spiro atoms. The van der Waals surface area contributed by atoms with Crippen molar-refractivity contribution in [2.24, 2.45) is 5.73 Å². The summed E-state index contributed by atoms with van der Waals surface area (Å²) in [4.78, 5) is 4.19. The lowest BCUT2D eigenvalue weighted by Crippen LogP contribution is -2.10. The molecule has 0 bridgehead atoms. The number of nitrogens with two attached hydrogens (primary N) is 1. The molecule has 0 aliphatic carbocycles. The van der Waals surface area contributed by atoms with Crippen LogP contribution >= 0.6 is 0 Å². The number of hydrogen-bond donors (Lipinski definition) is 1. The first kappa shape index (κ1) is 11.7. The van der Waals surface area contributed by atoms with Gasteiger partial charge in [-0.25, -0.2) is 4.39 Å². The average Bonchev–Trinajstić information content (AvgIpc) is 2.80. The van der Waals surface area contributed by atoms with E-state index in [4.69, 9.17) is 10.3 Å². The number of aromatic nitrogens is 2. The largest absolute Gasteiger partial charge is 0.339 e. The molecule has 2 aromatic rings. The molecule has 0 aliphatic heterocycles. The molecule has 0 amide bonds. The van der Waals surface area contributed by atoms with E-state index < -0.39 is 0 Å². The van der Waals surface area contributed by atoms with Crippen molar-refractivity contribution in [3.05, 3.63) is 47.4 Å². The van der Waals surface area contributed by atoms with Crippen molar-refractivity contribution in [3.63, 3.8) is 0 Å². The zero-order valence-corrected chi connectivity index (χ0v) is 9.56. The van der Waals surface area contributed by atoms with E-state index in [1.54, 1.807) is 18.2 Å². The van der Waals surface area contributed by atoms with Gasteiger partial charge in [-0.1, -0.05) is 30.3 Å². The fourth-order valence-electron chi connectivity index (χ4n) is 1.45.